The van der Waals surface area contributed by atoms with Gasteiger partial charge in [0.05, 0.1) is 6.67 Å². The van der Waals surface area contributed by atoms with E-state index in [-0.39, 0.29) is 23.8 Å². The van der Waals surface area contributed by atoms with Crippen LogP contribution >= 0.6 is 0 Å². The first-order valence-electron chi connectivity index (χ1n) is 11.6. The van der Waals surface area contributed by atoms with Crippen LogP contribution in [-0.2, 0) is 11.3 Å². The number of carbonyl (C=O) groups is 2. The average Bonchev–Trinajstić information content (AvgIpc) is 2.99. The van der Waals surface area contributed by atoms with Crippen LogP contribution in [0.4, 0.5) is 10.5 Å². The molecule has 30 heavy (non-hydrogen) atoms. The van der Waals surface area contributed by atoms with Gasteiger partial charge in [0.15, 0.2) is 0 Å². The highest BCUT2D eigenvalue weighted by Gasteiger charge is 2.58. The zero-order chi connectivity index (χ0) is 21.3. The molecule has 2 aliphatic heterocycles. The third kappa shape index (κ3) is 3.82. The van der Waals surface area contributed by atoms with Crippen molar-refractivity contribution in [2.45, 2.75) is 64.5 Å². The molecular weight excluding hydrogens is 376 g/mol. The first kappa shape index (κ1) is 21.2. The van der Waals surface area contributed by atoms with E-state index in [4.69, 9.17) is 0 Å². The minimum absolute atomic E-state index is 0.0421. The van der Waals surface area contributed by atoms with E-state index in [2.05, 4.69) is 48.3 Å². The van der Waals surface area contributed by atoms with Crippen molar-refractivity contribution >= 4 is 17.6 Å². The van der Waals surface area contributed by atoms with Crippen LogP contribution in [0.3, 0.4) is 0 Å². The Bertz CT molecular complexity index is 762. The van der Waals surface area contributed by atoms with Crippen LogP contribution < -0.4 is 10.2 Å². The maximum Gasteiger partial charge on any atom is 0.326 e. The lowest BCUT2D eigenvalue weighted by molar-refractivity contribution is -0.137. The molecule has 1 N–H and O–H groups in total. The van der Waals surface area contributed by atoms with Gasteiger partial charge in [0.25, 0.3) is 5.91 Å². The van der Waals surface area contributed by atoms with Crippen molar-refractivity contribution in [1.29, 1.82) is 0 Å². The summed E-state index contributed by atoms with van der Waals surface area (Å²) in [5, 5.41) is 3.09. The number of imide groups is 1. The van der Waals surface area contributed by atoms with Crippen molar-refractivity contribution in [3.8, 4) is 0 Å². The number of carbonyl (C=O) groups excluding carboxylic acids is 2. The van der Waals surface area contributed by atoms with Crippen molar-refractivity contribution in [2.75, 3.05) is 31.7 Å². The lowest BCUT2D eigenvalue weighted by Gasteiger charge is -2.42. The molecule has 0 aromatic heterocycles. The molecule has 1 spiro atoms. The SMILES string of the molecule is CC1CCCC(C)C12NC(=O)N(CN(C)Cc1ccc(N3CCCCC3)cc1)C2=O. The third-order valence-electron chi connectivity index (χ3n) is 7.48. The van der Waals surface area contributed by atoms with E-state index in [1.807, 2.05) is 11.9 Å². The number of hydrogen-bond donors (Lipinski definition) is 1. The minimum atomic E-state index is -0.716. The Hall–Kier alpha value is -2.08. The standard InChI is InChI=1S/C24H36N4O2/c1-18-8-7-9-19(2)24(18)22(29)28(23(30)25-24)17-26(3)16-20-10-12-21(13-11-20)27-14-5-4-6-15-27/h10-13,18-19H,4-9,14-17H2,1-3H3,(H,25,30). The summed E-state index contributed by atoms with van der Waals surface area (Å²) in [4.78, 5) is 32.0. The molecule has 1 aromatic rings. The number of benzene rings is 1. The minimum Gasteiger partial charge on any atom is -0.372 e. The fourth-order valence-electron chi connectivity index (χ4n) is 5.65. The summed E-state index contributed by atoms with van der Waals surface area (Å²) in [6.45, 7) is 7.51. The second-order valence-corrected chi connectivity index (χ2v) is 9.64. The Labute approximate surface area is 180 Å². The van der Waals surface area contributed by atoms with E-state index in [0.717, 1.165) is 32.4 Å². The maximum absolute atomic E-state index is 13.3. The Morgan fingerprint density at radius 1 is 1.00 bits per heavy atom. The molecule has 0 bridgehead atoms. The van der Waals surface area contributed by atoms with Gasteiger partial charge in [-0.05, 0) is 68.7 Å². The van der Waals surface area contributed by atoms with Crippen LogP contribution in [0, 0.1) is 11.8 Å². The van der Waals surface area contributed by atoms with E-state index in [9.17, 15) is 9.59 Å². The second kappa shape index (κ2) is 8.58. The van der Waals surface area contributed by atoms with E-state index in [1.165, 1.54) is 35.4 Å². The lowest BCUT2D eigenvalue weighted by atomic mass is 9.67. The number of rotatable bonds is 5. The molecule has 2 saturated heterocycles. The third-order valence-corrected chi connectivity index (χ3v) is 7.48. The number of nitrogens with zero attached hydrogens (tertiary/aromatic N) is 3. The smallest absolute Gasteiger partial charge is 0.326 e. The van der Waals surface area contributed by atoms with Crippen molar-refractivity contribution in [2.24, 2.45) is 11.8 Å². The van der Waals surface area contributed by atoms with E-state index >= 15 is 0 Å². The molecule has 6 nitrogen and oxygen atoms in total. The van der Waals surface area contributed by atoms with Crippen LogP contribution in [0.5, 0.6) is 0 Å². The zero-order valence-corrected chi connectivity index (χ0v) is 18.7. The fraction of sp³-hybridized carbons (Fsp3) is 0.667. The van der Waals surface area contributed by atoms with Gasteiger partial charge in [-0.3, -0.25) is 9.69 Å². The Balaban J connectivity index is 1.38. The van der Waals surface area contributed by atoms with Gasteiger partial charge in [-0.15, -0.1) is 0 Å². The molecule has 2 atom stereocenters. The summed E-state index contributed by atoms with van der Waals surface area (Å²) in [7, 11) is 1.97. The molecule has 0 radical (unpaired) electrons. The highest BCUT2D eigenvalue weighted by Crippen LogP contribution is 2.42. The van der Waals surface area contributed by atoms with Crippen molar-refractivity contribution < 1.29 is 9.59 Å². The number of anilines is 1. The molecule has 2 heterocycles. The van der Waals surface area contributed by atoms with Crippen molar-refractivity contribution in [1.82, 2.24) is 15.1 Å². The normalized spacial score (nSPS) is 29.7. The van der Waals surface area contributed by atoms with Gasteiger partial charge in [0, 0.05) is 25.3 Å². The molecular formula is C24H36N4O2. The van der Waals surface area contributed by atoms with Crippen LogP contribution in [0.15, 0.2) is 24.3 Å². The summed E-state index contributed by atoms with van der Waals surface area (Å²) >= 11 is 0. The molecule has 1 aliphatic carbocycles. The van der Waals surface area contributed by atoms with Crippen LogP contribution in [-0.4, -0.2) is 54.1 Å². The molecule has 2 unspecified atom stereocenters. The summed E-state index contributed by atoms with van der Waals surface area (Å²) in [6.07, 6.45) is 6.98. The fourth-order valence-corrected chi connectivity index (χ4v) is 5.65. The van der Waals surface area contributed by atoms with E-state index < -0.39 is 5.54 Å². The maximum atomic E-state index is 13.3. The number of nitrogens with one attached hydrogen (secondary N) is 1. The van der Waals surface area contributed by atoms with Gasteiger partial charge in [0.2, 0.25) is 0 Å². The zero-order valence-electron chi connectivity index (χ0n) is 18.7. The van der Waals surface area contributed by atoms with Gasteiger partial charge in [-0.1, -0.05) is 32.4 Å². The summed E-state index contributed by atoms with van der Waals surface area (Å²) in [5.74, 6) is 0.310. The lowest BCUT2D eigenvalue weighted by Crippen LogP contribution is -2.59. The Kier molecular flexibility index (Phi) is 6.05. The van der Waals surface area contributed by atoms with Crippen molar-refractivity contribution in [3.05, 3.63) is 29.8 Å². The molecule has 1 saturated carbocycles. The number of piperidine rings is 1. The predicted octanol–water partition coefficient (Wildman–Crippen LogP) is 3.81. The highest BCUT2D eigenvalue weighted by atomic mass is 16.2. The van der Waals surface area contributed by atoms with Gasteiger partial charge < -0.3 is 10.2 Å². The van der Waals surface area contributed by atoms with Crippen LogP contribution in [0.2, 0.25) is 0 Å². The molecule has 3 aliphatic rings. The summed E-state index contributed by atoms with van der Waals surface area (Å²) in [5.41, 5.74) is 1.77. The molecule has 3 fully saturated rings. The van der Waals surface area contributed by atoms with E-state index in [1.54, 1.807) is 0 Å². The van der Waals surface area contributed by atoms with E-state index in [0.29, 0.717) is 13.2 Å². The molecule has 4 rings (SSSR count). The quantitative estimate of drug-likeness (QED) is 0.747. The first-order valence-corrected chi connectivity index (χ1v) is 11.6. The van der Waals surface area contributed by atoms with Gasteiger partial charge in [-0.2, -0.15) is 0 Å². The highest BCUT2D eigenvalue weighted by molar-refractivity contribution is 6.07. The topological polar surface area (TPSA) is 55.9 Å². The van der Waals surface area contributed by atoms with Gasteiger partial charge >= 0.3 is 6.03 Å². The van der Waals surface area contributed by atoms with Crippen molar-refractivity contribution in [3.63, 3.8) is 0 Å². The number of hydrogen-bond acceptors (Lipinski definition) is 4. The summed E-state index contributed by atoms with van der Waals surface area (Å²) < 4.78 is 0. The van der Waals surface area contributed by atoms with Crippen LogP contribution in [0.25, 0.3) is 0 Å². The largest absolute Gasteiger partial charge is 0.372 e. The molecule has 6 heteroatoms. The van der Waals surface area contributed by atoms with Gasteiger partial charge in [-0.25, -0.2) is 9.69 Å². The second-order valence-electron chi connectivity index (χ2n) is 9.64. The Morgan fingerprint density at radius 2 is 1.63 bits per heavy atom. The predicted molar refractivity (Wildman–Crippen MR) is 119 cm³/mol. The average molecular weight is 413 g/mol. The first-order chi connectivity index (χ1) is 14.4. The molecule has 3 amide bonds. The number of amides is 3. The van der Waals surface area contributed by atoms with Gasteiger partial charge in [0.1, 0.15) is 5.54 Å². The molecule has 1 aromatic carbocycles. The number of urea groups is 1. The molecule has 164 valence electrons. The monoisotopic (exact) mass is 412 g/mol. The Morgan fingerprint density at radius 3 is 2.27 bits per heavy atom. The van der Waals surface area contributed by atoms with Crippen LogP contribution in [0.1, 0.15) is 57.9 Å². The summed E-state index contributed by atoms with van der Waals surface area (Å²) in [6, 6.07) is 8.48.